The Morgan fingerprint density at radius 1 is 0.680 bits per heavy atom. The second-order valence-electron chi connectivity index (χ2n) is 10.8. The molecular formula is C21H44N4. The number of rotatable bonds is 6. The summed E-state index contributed by atoms with van der Waals surface area (Å²) in [6.45, 7) is 26.3. The molecule has 4 nitrogen and oxygen atoms in total. The zero-order valence-corrected chi connectivity index (χ0v) is 17.9. The molecule has 0 unspecified atom stereocenters. The predicted octanol–water partition coefficient (Wildman–Crippen LogP) is 2.96. The second-order valence-corrected chi connectivity index (χ2v) is 10.8. The maximum Gasteiger partial charge on any atom is 0.0481 e. The van der Waals surface area contributed by atoms with Gasteiger partial charge in [0.05, 0.1) is 0 Å². The zero-order valence-electron chi connectivity index (χ0n) is 17.9. The lowest BCUT2D eigenvalue weighted by molar-refractivity contribution is 0.0934. The molecule has 0 aromatic rings. The Labute approximate surface area is 157 Å². The van der Waals surface area contributed by atoms with Crippen molar-refractivity contribution in [1.29, 1.82) is 0 Å². The van der Waals surface area contributed by atoms with Crippen LogP contribution in [0.2, 0.25) is 0 Å². The van der Waals surface area contributed by atoms with Gasteiger partial charge in [0.2, 0.25) is 0 Å². The lowest BCUT2D eigenvalue weighted by Crippen LogP contribution is -2.51. The largest absolute Gasteiger partial charge is 0.304 e. The fourth-order valence-corrected chi connectivity index (χ4v) is 4.22. The summed E-state index contributed by atoms with van der Waals surface area (Å²) in [4.78, 5) is 7.88. The predicted molar refractivity (Wildman–Crippen MR) is 109 cm³/mol. The van der Waals surface area contributed by atoms with Gasteiger partial charge in [-0.05, 0) is 49.2 Å². The number of nitrogens with one attached hydrogen (secondary N) is 1. The van der Waals surface area contributed by atoms with Crippen LogP contribution in [-0.2, 0) is 0 Å². The van der Waals surface area contributed by atoms with Gasteiger partial charge in [0.15, 0.2) is 0 Å². The molecule has 2 fully saturated rings. The van der Waals surface area contributed by atoms with E-state index in [4.69, 9.17) is 0 Å². The SMILES string of the molecule is CC(C)(C)CN1CCC(CNCN2CCN(CC(C)(C)C)CC2)CC1. The number of piperazine rings is 1. The summed E-state index contributed by atoms with van der Waals surface area (Å²) in [6, 6.07) is 0. The highest BCUT2D eigenvalue weighted by molar-refractivity contribution is 4.79. The minimum Gasteiger partial charge on any atom is -0.304 e. The summed E-state index contributed by atoms with van der Waals surface area (Å²) in [5.74, 6) is 0.874. The Bertz CT molecular complexity index is 330. The molecule has 2 rings (SSSR count). The van der Waals surface area contributed by atoms with Gasteiger partial charge in [-0.15, -0.1) is 0 Å². The van der Waals surface area contributed by atoms with E-state index in [1.165, 1.54) is 71.7 Å². The quantitative estimate of drug-likeness (QED) is 0.793. The van der Waals surface area contributed by atoms with Crippen LogP contribution in [0.4, 0.5) is 0 Å². The molecule has 1 N–H and O–H groups in total. The van der Waals surface area contributed by atoms with Gasteiger partial charge in [-0.25, -0.2) is 0 Å². The van der Waals surface area contributed by atoms with Crippen LogP contribution in [0.1, 0.15) is 54.4 Å². The molecule has 0 atom stereocenters. The van der Waals surface area contributed by atoms with Gasteiger partial charge >= 0.3 is 0 Å². The van der Waals surface area contributed by atoms with Crippen LogP contribution in [-0.4, -0.2) is 80.3 Å². The molecule has 4 heteroatoms. The molecule has 2 saturated heterocycles. The molecule has 0 bridgehead atoms. The third-order valence-corrected chi connectivity index (χ3v) is 5.34. The summed E-state index contributed by atoms with van der Waals surface area (Å²) in [5.41, 5.74) is 0.850. The highest BCUT2D eigenvalue weighted by Gasteiger charge is 2.24. The van der Waals surface area contributed by atoms with Gasteiger partial charge in [0, 0.05) is 45.9 Å². The van der Waals surface area contributed by atoms with Crippen molar-refractivity contribution in [1.82, 2.24) is 20.0 Å². The Hall–Kier alpha value is -0.160. The van der Waals surface area contributed by atoms with Crippen LogP contribution in [0, 0.1) is 16.7 Å². The van der Waals surface area contributed by atoms with E-state index in [0.717, 1.165) is 12.6 Å². The Morgan fingerprint density at radius 2 is 1.12 bits per heavy atom. The average molecular weight is 353 g/mol. The van der Waals surface area contributed by atoms with Crippen LogP contribution in [0.15, 0.2) is 0 Å². The molecule has 0 aliphatic carbocycles. The van der Waals surface area contributed by atoms with E-state index < -0.39 is 0 Å². The number of likely N-dealkylation sites (tertiary alicyclic amines) is 1. The first kappa shape index (κ1) is 21.1. The van der Waals surface area contributed by atoms with Crippen molar-refractivity contribution >= 4 is 0 Å². The van der Waals surface area contributed by atoms with E-state index in [-0.39, 0.29) is 0 Å². The van der Waals surface area contributed by atoms with E-state index in [9.17, 15) is 0 Å². The monoisotopic (exact) mass is 352 g/mol. The van der Waals surface area contributed by atoms with Gasteiger partial charge in [0.1, 0.15) is 0 Å². The van der Waals surface area contributed by atoms with E-state index in [1.807, 2.05) is 0 Å². The van der Waals surface area contributed by atoms with Crippen molar-refractivity contribution in [2.45, 2.75) is 54.4 Å². The van der Waals surface area contributed by atoms with Crippen LogP contribution in [0.5, 0.6) is 0 Å². The van der Waals surface area contributed by atoms with Gasteiger partial charge in [-0.3, -0.25) is 4.90 Å². The Morgan fingerprint density at radius 3 is 1.60 bits per heavy atom. The standard InChI is InChI=1S/C21H44N4/c1-20(2,3)16-23-9-7-19(8-10-23)15-22-18-25-13-11-24(12-14-25)17-21(4,5)6/h19,22H,7-18H2,1-6H3. The maximum atomic E-state index is 3.74. The number of piperidine rings is 1. The van der Waals surface area contributed by atoms with Crippen LogP contribution < -0.4 is 5.32 Å². The van der Waals surface area contributed by atoms with Gasteiger partial charge in [0.25, 0.3) is 0 Å². The molecule has 2 heterocycles. The summed E-state index contributed by atoms with van der Waals surface area (Å²) in [7, 11) is 0. The lowest BCUT2D eigenvalue weighted by atomic mass is 9.92. The van der Waals surface area contributed by atoms with Gasteiger partial charge in [-0.1, -0.05) is 41.5 Å². The normalized spacial score (nSPS) is 23.3. The lowest BCUT2D eigenvalue weighted by Gasteiger charge is -2.38. The van der Waals surface area contributed by atoms with Crippen LogP contribution in [0.25, 0.3) is 0 Å². The van der Waals surface area contributed by atoms with E-state index in [1.54, 1.807) is 0 Å². The molecule has 0 saturated carbocycles. The van der Waals surface area contributed by atoms with E-state index in [0.29, 0.717) is 10.8 Å². The smallest absolute Gasteiger partial charge is 0.0481 e. The molecule has 0 aromatic carbocycles. The summed E-state index contributed by atoms with van der Waals surface area (Å²) >= 11 is 0. The molecule has 0 aromatic heterocycles. The van der Waals surface area contributed by atoms with Crippen molar-refractivity contribution in [3.63, 3.8) is 0 Å². The topological polar surface area (TPSA) is 21.8 Å². The molecular weight excluding hydrogens is 308 g/mol. The van der Waals surface area contributed by atoms with Crippen LogP contribution in [0.3, 0.4) is 0 Å². The van der Waals surface area contributed by atoms with Crippen molar-refractivity contribution in [2.24, 2.45) is 16.7 Å². The Kier molecular flexibility index (Phi) is 7.75. The maximum absolute atomic E-state index is 3.74. The van der Waals surface area contributed by atoms with E-state index in [2.05, 4.69) is 61.6 Å². The second kappa shape index (κ2) is 9.16. The number of nitrogens with zero attached hydrogens (tertiary/aromatic N) is 3. The minimum atomic E-state index is 0.419. The average Bonchev–Trinajstić information content (AvgIpc) is 2.48. The van der Waals surface area contributed by atoms with Crippen molar-refractivity contribution in [3.05, 3.63) is 0 Å². The molecule has 0 amide bonds. The molecule has 0 radical (unpaired) electrons. The number of hydrogen-bond donors (Lipinski definition) is 1. The van der Waals surface area contributed by atoms with Crippen molar-refractivity contribution < 1.29 is 0 Å². The summed E-state index contributed by atoms with van der Waals surface area (Å²) in [6.07, 6.45) is 2.73. The first-order valence-corrected chi connectivity index (χ1v) is 10.5. The zero-order chi connectivity index (χ0) is 18.5. The summed E-state index contributed by atoms with van der Waals surface area (Å²) < 4.78 is 0. The van der Waals surface area contributed by atoms with Crippen molar-refractivity contribution in [2.75, 3.05) is 65.6 Å². The molecule has 25 heavy (non-hydrogen) atoms. The first-order chi connectivity index (χ1) is 11.6. The fourth-order valence-electron chi connectivity index (χ4n) is 4.22. The van der Waals surface area contributed by atoms with Crippen molar-refractivity contribution in [3.8, 4) is 0 Å². The molecule has 0 spiro atoms. The van der Waals surface area contributed by atoms with Gasteiger partial charge in [-0.2, -0.15) is 0 Å². The molecule has 2 aliphatic rings. The summed E-state index contributed by atoms with van der Waals surface area (Å²) in [5, 5.41) is 3.74. The minimum absolute atomic E-state index is 0.419. The molecule has 2 aliphatic heterocycles. The van der Waals surface area contributed by atoms with Gasteiger partial charge < -0.3 is 15.1 Å². The highest BCUT2D eigenvalue weighted by atomic mass is 15.3. The van der Waals surface area contributed by atoms with Crippen LogP contribution >= 0.6 is 0 Å². The highest BCUT2D eigenvalue weighted by Crippen LogP contribution is 2.21. The molecule has 148 valence electrons. The third kappa shape index (κ3) is 8.85. The Balaban J connectivity index is 1.54. The third-order valence-electron chi connectivity index (χ3n) is 5.34. The fraction of sp³-hybridized carbons (Fsp3) is 1.00. The van der Waals surface area contributed by atoms with E-state index >= 15 is 0 Å². The first-order valence-electron chi connectivity index (χ1n) is 10.5. The number of hydrogen-bond acceptors (Lipinski definition) is 4.